The van der Waals surface area contributed by atoms with Crippen molar-refractivity contribution in [2.75, 3.05) is 17.8 Å². The van der Waals surface area contributed by atoms with Gasteiger partial charge in [-0.15, -0.1) is 0 Å². The molecule has 4 rings (SSSR count). The molecule has 2 heterocycles. The number of carbonyl (C=O) groups is 1. The van der Waals surface area contributed by atoms with Crippen molar-refractivity contribution in [3.05, 3.63) is 84.2 Å². The minimum atomic E-state index is -3.32. The number of methoxy groups -OCH3 is 1. The molecule has 2 aromatic carbocycles. The molecule has 0 unspecified atom stereocenters. The van der Waals surface area contributed by atoms with Crippen molar-refractivity contribution in [1.29, 1.82) is 0 Å². The molecule has 0 saturated carbocycles. The van der Waals surface area contributed by atoms with Gasteiger partial charge in [0, 0.05) is 24.9 Å². The van der Waals surface area contributed by atoms with E-state index >= 15 is 0 Å². The average molecular weight is 496 g/mol. The van der Waals surface area contributed by atoms with Crippen LogP contribution in [0.4, 0.5) is 5.13 Å². The highest BCUT2D eigenvalue weighted by Gasteiger charge is 2.22. The molecule has 176 valence electrons. The van der Waals surface area contributed by atoms with Crippen LogP contribution in [0.1, 0.15) is 24.0 Å². The Morgan fingerprint density at radius 1 is 1.06 bits per heavy atom. The molecule has 2 aromatic heterocycles. The lowest BCUT2D eigenvalue weighted by Gasteiger charge is -2.20. The molecule has 34 heavy (non-hydrogen) atoms. The second-order valence-electron chi connectivity index (χ2n) is 7.85. The molecule has 0 aliphatic carbocycles. The summed E-state index contributed by atoms with van der Waals surface area (Å²) in [5.74, 6) is 0.440. The third kappa shape index (κ3) is 6.18. The van der Waals surface area contributed by atoms with Crippen LogP contribution in [-0.4, -0.2) is 37.2 Å². The largest absolute Gasteiger partial charge is 0.497 e. The minimum Gasteiger partial charge on any atom is -0.497 e. The maximum atomic E-state index is 13.2. The summed E-state index contributed by atoms with van der Waals surface area (Å²) in [5, 5.41) is 0.559. The smallest absolute Gasteiger partial charge is 0.229 e. The molecule has 0 atom stereocenters. The first kappa shape index (κ1) is 23.8. The van der Waals surface area contributed by atoms with E-state index in [0.29, 0.717) is 17.4 Å². The molecule has 0 spiro atoms. The Bertz CT molecular complexity index is 1360. The van der Waals surface area contributed by atoms with Gasteiger partial charge in [0.1, 0.15) is 5.75 Å². The van der Waals surface area contributed by atoms with E-state index in [2.05, 4.69) is 9.97 Å². The van der Waals surface area contributed by atoms with Gasteiger partial charge >= 0.3 is 0 Å². The number of hydrogen-bond acceptors (Lipinski definition) is 7. The first-order chi connectivity index (χ1) is 16.4. The van der Waals surface area contributed by atoms with Crippen molar-refractivity contribution in [2.45, 2.75) is 25.1 Å². The minimum absolute atomic E-state index is 0.0267. The fourth-order valence-corrected chi connectivity index (χ4v) is 5.94. The molecule has 7 nitrogen and oxygen atoms in total. The molecule has 9 heteroatoms. The van der Waals surface area contributed by atoms with Gasteiger partial charge in [0.2, 0.25) is 5.91 Å². The van der Waals surface area contributed by atoms with Crippen molar-refractivity contribution in [2.24, 2.45) is 0 Å². The van der Waals surface area contributed by atoms with E-state index in [4.69, 9.17) is 4.74 Å². The summed E-state index contributed by atoms with van der Waals surface area (Å²) in [6, 6.07) is 18.4. The van der Waals surface area contributed by atoms with Gasteiger partial charge in [0.05, 0.1) is 35.4 Å². The first-order valence-corrected chi connectivity index (χ1v) is 13.5. The van der Waals surface area contributed by atoms with Gasteiger partial charge in [-0.3, -0.25) is 14.7 Å². The molecule has 0 aliphatic rings. The highest BCUT2D eigenvalue weighted by Crippen LogP contribution is 2.32. The molecule has 1 amide bonds. The Kier molecular flexibility index (Phi) is 7.54. The lowest BCUT2D eigenvalue weighted by atomic mass is 10.2. The first-order valence-electron chi connectivity index (χ1n) is 10.8. The predicted octanol–water partition coefficient (Wildman–Crippen LogP) is 4.63. The van der Waals surface area contributed by atoms with Crippen LogP contribution in [0.2, 0.25) is 0 Å². The third-order valence-corrected chi connectivity index (χ3v) is 8.00. The molecule has 0 saturated heterocycles. The number of hydrogen-bond donors (Lipinski definition) is 0. The van der Waals surface area contributed by atoms with Gasteiger partial charge in [0.25, 0.3) is 0 Å². The van der Waals surface area contributed by atoms with Crippen LogP contribution >= 0.6 is 11.3 Å². The summed E-state index contributed by atoms with van der Waals surface area (Å²) in [6.07, 6.45) is 3.74. The zero-order chi connectivity index (χ0) is 24.0. The van der Waals surface area contributed by atoms with Gasteiger partial charge in [-0.25, -0.2) is 13.4 Å². The van der Waals surface area contributed by atoms with Gasteiger partial charge in [0.15, 0.2) is 15.0 Å². The summed E-state index contributed by atoms with van der Waals surface area (Å²) in [4.78, 5) is 23.7. The number of sulfone groups is 1. The van der Waals surface area contributed by atoms with Crippen LogP contribution in [0.3, 0.4) is 0 Å². The fourth-order valence-electron chi connectivity index (χ4n) is 3.55. The molecular weight excluding hydrogens is 470 g/mol. The van der Waals surface area contributed by atoms with E-state index in [1.807, 2.05) is 48.5 Å². The lowest BCUT2D eigenvalue weighted by molar-refractivity contribution is -0.118. The number of amides is 1. The van der Waals surface area contributed by atoms with Crippen molar-refractivity contribution in [3.8, 4) is 5.75 Å². The van der Waals surface area contributed by atoms with E-state index in [0.717, 1.165) is 21.3 Å². The van der Waals surface area contributed by atoms with Crippen molar-refractivity contribution in [3.63, 3.8) is 0 Å². The SMILES string of the molecule is COc1ccc2sc(N(Cc3cccnc3)C(=O)CCCS(=O)(=O)Cc3ccccc3)nc2c1. The number of carbonyl (C=O) groups excluding carboxylic acids is 1. The monoisotopic (exact) mass is 495 g/mol. The van der Waals surface area contributed by atoms with Crippen LogP contribution in [0.15, 0.2) is 73.1 Å². The molecule has 0 N–H and O–H groups in total. The molecule has 0 bridgehead atoms. The molecule has 4 aromatic rings. The van der Waals surface area contributed by atoms with E-state index in [1.165, 1.54) is 11.3 Å². The van der Waals surface area contributed by atoms with Gasteiger partial charge < -0.3 is 4.74 Å². The van der Waals surface area contributed by atoms with Gasteiger partial charge in [-0.2, -0.15) is 0 Å². The summed E-state index contributed by atoms with van der Waals surface area (Å²) >= 11 is 1.41. The summed E-state index contributed by atoms with van der Waals surface area (Å²) in [5.41, 5.74) is 2.36. The van der Waals surface area contributed by atoms with Crippen LogP contribution in [-0.2, 0) is 26.9 Å². The number of ether oxygens (including phenoxy) is 1. The molecule has 0 radical (unpaired) electrons. The Hall–Kier alpha value is -3.30. The zero-order valence-corrected chi connectivity index (χ0v) is 20.4. The summed E-state index contributed by atoms with van der Waals surface area (Å²) < 4.78 is 31.3. The van der Waals surface area contributed by atoms with Gasteiger partial charge in [-0.1, -0.05) is 47.7 Å². The number of benzene rings is 2. The second-order valence-corrected chi connectivity index (χ2v) is 11.0. The Labute approximate surface area is 203 Å². The van der Waals surface area contributed by atoms with Gasteiger partial charge in [-0.05, 0) is 35.7 Å². The normalized spacial score (nSPS) is 11.4. The maximum absolute atomic E-state index is 13.2. The summed E-state index contributed by atoms with van der Waals surface area (Å²) in [7, 11) is -1.72. The number of pyridine rings is 1. The van der Waals surface area contributed by atoms with E-state index in [1.54, 1.807) is 36.5 Å². The second kappa shape index (κ2) is 10.8. The third-order valence-electron chi connectivity index (χ3n) is 5.25. The number of aromatic nitrogens is 2. The van der Waals surface area contributed by atoms with Crippen molar-refractivity contribution in [1.82, 2.24) is 9.97 Å². The standard InChI is InChI=1S/C25H25N3O4S2/c1-32-21-11-12-23-22(15-21)27-25(33-23)28(17-20-9-5-13-26-16-20)24(29)10-6-14-34(30,31)18-19-7-3-2-4-8-19/h2-5,7-9,11-13,15-16H,6,10,14,17-18H2,1H3. The fraction of sp³-hybridized carbons (Fsp3) is 0.240. The number of fused-ring (bicyclic) bond motifs is 1. The Morgan fingerprint density at radius 2 is 1.85 bits per heavy atom. The van der Waals surface area contributed by atoms with E-state index < -0.39 is 9.84 Å². The Balaban J connectivity index is 1.49. The highest BCUT2D eigenvalue weighted by atomic mass is 32.2. The van der Waals surface area contributed by atoms with Crippen LogP contribution in [0.5, 0.6) is 5.75 Å². The van der Waals surface area contributed by atoms with E-state index in [9.17, 15) is 13.2 Å². The van der Waals surface area contributed by atoms with Crippen LogP contribution in [0.25, 0.3) is 10.2 Å². The predicted molar refractivity (Wildman–Crippen MR) is 135 cm³/mol. The number of anilines is 1. The topological polar surface area (TPSA) is 89.5 Å². The Morgan fingerprint density at radius 3 is 2.59 bits per heavy atom. The quantitative estimate of drug-likeness (QED) is 0.319. The lowest BCUT2D eigenvalue weighted by Crippen LogP contribution is -2.30. The molecular formula is C25H25N3O4S2. The number of rotatable bonds is 10. The maximum Gasteiger partial charge on any atom is 0.229 e. The number of nitrogens with zero attached hydrogens (tertiary/aromatic N) is 3. The van der Waals surface area contributed by atoms with Crippen molar-refractivity contribution >= 4 is 42.4 Å². The van der Waals surface area contributed by atoms with Crippen LogP contribution < -0.4 is 9.64 Å². The van der Waals surface area contributed by atoms with Crippen LogP contribution in [0, 0.1) is 0 Å². The average Bonchev–Trinajstić information content (AvgIpc) is 3.26. The van der Waals surface area contributed by atoms with Crippen molar-refractivity contribution < 1.29 is 17.9 Å². The zero-order valence-electron chi connectivity index (χ0n) is 18.8. The molecule has 0 fully saturated rings. The highest BCUT2D eigenvalue weighted by molar-refractivity contribution is 7.90. The number of thiazole rings is 1. The van der Waals surface area contributed by atoms with E-state index in [-0.39, 0.29) is 30.3 Å². The summed E-state index contributed by atoms with van der Waals surface area (Å²) in [6.45, 7) is 0.306. The molecule has 0 aliphatic heterocycles.